The molecular weight excluding hydrogens is 228 g/mol. The van der Waals surface area contributed by atoms with E-state index in [1.54, 1.807) is 0 Å². The van der Waals surface area contributed by atoms with Crippen LogP contribution in [0.3, 0.4) is 0 Å². The molecule has 0 amide bonds. The SMILES string of the molecule is CCCn1nnnc1CN(C)C1CCCNCC1. The molecule has 1 saturated heterocycles. The van der Waals surface area contributed by atoms with E-state index in [2.05, 4.69) is 39.7 Å². The minimum Gasteiger partial charge on any atom is -0.317 e. The lowest BCUT2D eigenvalue weighted by Crippen LogP contribution is -2.33. The fourth-order valence-corrected chi connectivity index (χ4v) is 2.52. The van der Waals surface area contributed by atoms with Crippen LogP contribution in [0.4, 0.5) is 0 Å². The highest BCUT2D eigenvalue weighted by molar-refractivity contribution is 4.83. The maximum Gasteiger partial charge on any atom is 0.165 e. The molecule has 1 aromatic rings. The van der Waals surface area contributed by atoms with Gasteiger partial charge in [-0.3, -0.25) is 4.90 Å². The number of nitrogens with zero attached hydrogens (tertiary/aromatic N) is 5. The number of rotatable bonds is 5. The number of hydrogen-bond donors (Lipinski definition) is 1. The van der Waals surface area contributed by atoms with Crippen LogP contribution in [0.2, 0.25) is 0 Å². The number of tetrazole rings is 1. The molecule has 6 nitrogen and oxygen atoms in total. The first-order chi connectivity index (χ1) is 8.81. The molecule has 102 valence electrons. The minimum absolute atomic E-state index is 0.645. The molecule has 1 atom stereocenters. The first kappa shape index (κ1) is 13.4. The molecule has 0 radical (unpaired) electrons. The quantitative estimate of drug-likeness (QED) is 0.834. The van der Waals surface area contributed by atoms with E-state index in [1.165, 1.54) is 19.3 Å². The molecule has 18 heavy (non-hydrogen) atoms. The van der Waals surface area contributed by atoms with E-state index in [-0.39, 0.29) is 0 Å². The van der Waals surface area contributed by atoms with Crippen LogP contribution in [-0.4, -0.2) is 51.3 Å². The van der Waals surface area contributed by atoms with Crippen molar-refractivity contribution in [3.63, 3.8) is 0 Å². The highest BCUT2D eigenvalue weighted by atomic mass is 15.5. The second-order valence-electron chi connectivity index (χ2n) is 5.07. The van der Waals surface area contributed by atoms with Crippen LogP contribution < -0.4 is 5.32 Å². The average molecular weight is 252 g/mol. The Morgan fingerprint density at radius 3 is 3.11 bits per heavy atom. The topological polar surface area (TPSA) is 58.9 Å². The zero-order valence-corrected chi connectivity index (χ0v) is 11.5. The smallest absolute Gasteiger partial charge is 0.165 e. The Morgan fingerprint density at radius 2 is 2.28 bits per heavy atom. The molecular formula is C12H24N6. The molecule has 0 aliphatic carbocycles. The number of aromatic nitrogens is 4. The van der Waals surface area contributed by atoms with Gasteiger partial charge in [-0.25, -0.2) is 4.68 Å². The Labute approximate surface area is 109 Å². The summed E-state index contributed by atoms with van der Waals surface area (Å²) >= 11 is 0. The maximum absolute atomic E-state index is 4.14. The van der Waals surface area contributed by atoms with E-state index in [4.69, 9.17) is 0 Å². The van der Waals surface area contributed by atoms with Crippen molar-refractivity contribution in [2.75, 3.05) is 20.1 Å². The standard InChI is InChI=1S/C12H24N6/c1-3-9-18-12(14-15-16-18)10-17(2)11-5-4-7-13-8-6-11/h11,13H,3-10H2,1-2H3. The predicted molar refractivity (Wildman–Crippen MR) is 70.1 cm³/mol. The Hall–Kier alpha value is -1.01. The summed E-state index contributed by atoms with van der Waals surface area (Å²) in [5, 5.41) is 15.4. The summed E-state index contributed by atoms with van der Waals surface area (Å²) in [6, 6.07) is 0.645. The van der Waals surface area contributed by atoms with Gasteiger partial charge in [-0.05, 0) is 56.2 Å². The first-order valence-electron chi connectivity index (χ1n) is 6.97. The van der Waals surface area contributed by atoms with Gasteiger partial charge in [0.15, 0.2) is 5.82 Å². The van der Waals surface area contributed by atoms with Gasteiger partial charge in [0.1, 0.15) is 0 Å². The molecule has 0 bridgehead atoms. The monoisotopic (exact) mass is 252 g/mol. The zero-order chi connectivity index (χ0) is 12.8. The van der Waals surface area contributed by atoms with Crippen molar-refractivity contribution >= 4 is 0 Å². The summed E-state index contributed by atoms with van der Waals surface area (Å²) in [5.74, 6) is 0.983. The Balaban J connectivity index is 1.92. The minimum atomic E-state index is 0.645. The summed E-state index contributed by atoms with van der Waals surface area (Å²) in [4.78, 5) is 2.39. The third-order valence-corrected chi connectivity index (χ3v) is 3.60. The lowest BCUT2D eigenvalue weighted by molar-refractivity contribution is 0.208. The number of aryl methyl sites for hydroxylation is 1. The summed E-state index contributed by atoms with van der Waals surface area (Å²) in [5.41, 5.74) is 0. The molecule has 2 rings (SSSR count). The van der Waals surface area contributed by atoms with Gasteiger partial charge >= 0.3 is 0 Å². The second kappa shape index (κ2) is 6.80. The fourth-order valence-electron chi connectivity index (χ4n) is 2.52. The van der Waals surface area contributed by atoms with Gasteiger partial charge in [-0.15, -0.1) is 5.10 Å². The molecule has 1 unspecified atom stereocenters. The lowest BCUT2D eigenvalue weighted by atomic mass is 10.1. The van der Waals surface area contributed by atoms with Crippen LogP contribution in [0.15, 0.2) is 0 Å². The molecule has 1 aliphatic rings. The highest BCUT2D eigenvalue weighted by Gasteiger charge is 2.18. The van der Waals surface area contributed by atoms with Crippen LogP contribution in [0.25, 0.3) is 0 Å². The summed E-state index contributed by atoms with van der Waals surface area (Å²) < 4.78 is 1.92. The van der Waals surface area contributed by atoms with Crippen molar-refractivity contribution in [1.82, 2.24) is 30.4 Å². The van der Waals surface area contributed by atoms with Gasteiger partial charge in [-0.1, -0.05) is 6.92 Å². The van der Waals surface area contributed by atoms with Crippen molar-refractivity contribution in [3.8, 4) is 0 Å². The number of hydrogen-bond acceptors (Lipinski definition) is 5. The van der Waals surface area contributed by atoms with Crippen molar-refractivity contribution in [2.24, 2.45) is 0 Å². The van der Waals surface area contributed by atoms with Gasteiger partial charge in [-0.2, -0.15) is 0 Å². The maximum atomic E-state index is 4.14. The molecule has 6 heteroatoms. The van der Waals surface area contributed by atoms with Crippen molar-refractivity contribution in [1.29, 1.82) is 0 Å². The molecule has 1 aromatic heterocycles. The predicted octanol–water partition coefficient (Wildman–Crippen LogP) is 0.657. The van der Waals surface area contributed by atoms with E-state index in [0.29, 0.717) is 6.04 Å². The summed E-state index contributed by atoms with van der Waals surface area (Å²) in [6.45, 7) is 6.17. The van der Waals surface area contributed by atoms with E-state index in [0.717, 1.165) is 38.4 Å². The van der Waals surface area contributed by atoms with Gasteiger partial charge in [0, 0.05) is 12.6 Å². The molecule has 0 spiro atoms. The van der Waals surface area contributed by atoms with Crippen molar-refractivity contribution in [3.05, 3.63) is 5.82 Å². The van der Waals surface area contributed by atoms with E-state index in [1.807, 2.05) is 4.68 Å². The molecule has 1 N–H and O–H groups in total. The van der Waals surface area contributed by atoms with E-state index in [9.17, 15) is 0 Å². The van der Waals surface area contributed by atoms with Gasteiger partial charge in [0.25, 0.3) is 0 Å². The van der Waals surface area contributed by atoms with Crippen LogP contribution in [0.1, 0.15) is 38.4 Å². The highest BCUT2D eigenvalue weighted by Crippen LogP contribution is 2.13. The fraction of sp³-hybridized carbons (Fsp3) is 0.917. The average Bonchev–Trinajstić information content (AvgIpc) is 2.66. The van der Waals surface area contributed by atoms with Gasteiger partial charge < -0.3 is 5.32 Å². The second-order valence-corrected chi connectivity index (χ2v) is 5.07. The Morgan fingerprint density at radius 1 is 1.39 bits per heavy atom. The normalized spacial score (nSPS) is 21.2. The van der Waals surface area contributed by atoms with Crippen LogP contribution in [0, 0.1) is 0 Å². The molecule has 1 aliphatic heterocycles. The molecule has 0 aromatic carbocycles. The molecule has 2 heterocycles. The third kappa shape index (κ3) is 3.49. The molecule has 0 saturated carbocycles. The summed E-state index contributed by atoms with van der Waals surface area (Å²) in [6.07, 6.45) is 4.80. The van der Waals surface area contributed by atoms with E-state index >= 15 is 0 Å². The molecule has 1 fully saturated rings. The summed E-state index contributed by atoms with van der Waals surface area (Å²) in [7, 11) is 2.18. The lowest BCUT2D eigenvalue weighted by Gasteiger charge is -2.26. The van der Waals surface area contributed by atoms with Gasteiger partial charge in [0.05, 0.1) is 6.54 Å². The van der Waals surface area contributed by atoms with E-state index < -0.39 is 0 Å². The van der Waals surface area contributed by atoms with Crippen LogP contribution >= 0.6 is 0 Å². The van der Waals surface area contributed by atoms with Crippen molar-refractivity contribution in [2.45, 2.75) is 51.7 Å². The van der Waals surface area contributed by atoms with Crippen LogP contribution in [-0.2, 0) is 13.1 Å². The zero-order valence-electron chi connectivity index (χ0n) is 11.5. The van der Waals surface area contributed by atoms with Gasteiger partial charge in [0.2, 0.25) is 0 Å². The Kier molecular flexibility index (Phi) is 5.07. The largest absolute Gasteiger partial charge is 0.317 e. The first-order valence-corrected chi connectivity index (χ1v) is 6.97. The number of nitrogens with one attached hydrogen (secondary N) is 1. The third-order valence-electron chi connectivity index (χ3n) is 3.60. The van der Waals surface area contributed by atoms with Crippen LogP contribution in [0.5, 0.6) is 0 Å². The van der Waals surface area contributed by atoms with Crippen molar-refractivity contribution < 1.29 is 0 Å². The Bertz CT molecular complexity index is 342.